The summed E-state index contributed by atoms with van der Waals surface area (Å²) in [5.74, 6) is 1.18. The molecule has 50 valence electrons. The summed E-state index contributed by atoms with van der Waals surface area (Å²) in [6, 6.07) is 4.24. The first-order chi connectivity index (χ1) is 4.43. The van der Waals surface area contributed by atoms with Gasteiger partial charge in [-0.05, 0) is 22.2 Å². The minimum atomic E-state index is 1.18. The zero-order chi connectivity index (χ0) is 6.53. The van der Waals surface area contributed by atoms with E-state index in [1.54, 1.807) is 11.3 Å². The van der Waals surface area contributed by atoms with Gasteiger partial charge in [-0.1, -0.05) is 23.8 Å². The van der Waals surface area contributed by atoms with Gasteiger partial charge in [0.05, 0.1) is 4.21 Å². The molecule has 1 aromatic rings. The average Bonchev–Trinajstić information content (AvgIpc) is 2.34. The van der Waals surface area contributed by atoms with Crippen molar-refractivity contribution in [1.82, 2.24) is 0 Å². The Morgan fingerprint density at radius 2 is 2.56 bits per heavy atom. The molecule has 0 unspecified atom stereocenters. The Labute approximate surface area is 67.4 Å². The first kappa shape index (κ1) is 7.51. The Hall–Kier alpha value is 0.400. The van der Waals surface area contributed by atoms with Crippen molar-refractivity contribution in [3.8, 4) is 0 Å². The highest BCUT2D eigenvalue weighted by Crippen LogP contribution is 2.33. The van der Waals surface area contributed by atoms with Gasteiger partial charge in [-0.2, -0.15) is 0 Å². The van der Waals surface area contributed by atoms with Crippen LogP contribution in [0.25, 0.3) is 0 Å². The van der Waals surface area contributed by atoms with Crippen molar-refractivity contribution >= 4 is 32.9 Å². The molecule has 0 fully saturated rings. The van der Waals surface area contributed by atoms with E-state index in [1.165, 1.54) is 9.96 Å². The van der Waals surface area contributed by atoms with Gasteiger partial charge in [-0.3, -0.25) is 0 Å². The van der Waals surface area contributed by atoms with Gasteiger partial charge in [-0.25, -0.2) is 0 Å². The Balaban J connectivity index is 2.30. The van der Waals surface area contributed by atoms with Gasteiger partial charge < -0.3 is 0 Å². The van der Waals surface area contributed by atoms with E-state index in [-0.39, 0.29) is 0 Å². The molecule has 1 aromatic heterocycles. The lowest BCUT2D eigenvalue weighted by molar-refractivity contribution is 1.54. The lowest BCUT2D eigenvalue weighted by Gasteiger charge is -1.89. The van der Waals surface area contributed by atoms with Crippen LogP contribution in [-0.2, 0) is 0 Å². The Kier molecular flexibility index (Phi) is 3.55. The number of hydrogen-bond donors (Lipinski definition) is 0. The molecule has 0 aliphatic rings. The van der Waals surface area contributed by atoms with Gasteiger partial charge in [0, 0.05) is 5.75 Å². The predicted octanol–water partition coefficient (Wildman–Crippen LogP) is 3.51. The topological polar surface area (TPSA) is 0 Å². The second kappa shape index (κ2) is 4.25. The van der Waals surface area contributed by atoms with Gasteiger partial charge in [0.25, 0.3) is 0 Å². The van der Waals surface area contributed by atoms with Crippen LogP contribution in [0.2, 0.25) is 0 Å². The fraction of sp³-hybridized carbons (Fsp3) is 0.333. The van der Waals surface area contributed by atoms with E-state index < -0.39 is 0 Å². The van der Waals surface area contributed by atoms with Crippen LogP contribution in [0.15, 0.2) is 21.7 Å². The van der Waals surface area contributed by atoms with Crippen LogP contribution >= 0.6 is 32.9 Å². The smallest absolute Gasteiger partial charge is 0.0706 e. The van der Waals surface area contributed by atoms with E-state index >= 15 is 0 Å². The highest BCUT2D eigenvalue weighted by Gasteiger charge is 1.90. The van der Waals surface area contributed by atoms with Crippen LogP contribution in [0.5, 0.6) is 0 Å². The van der Waals surface area contributed by atoms with Gasteiger partial charge in [-0.15, -0.1) is 11.3 Å². The maximum Gasteiger partial charge on any atom is 0.0706 e. The van der Waals surface area contributed by atoms with E-state index in [2.05, 4.69) is 24.4 Å². The highest BCUT2D eigenvalue weighted by atomic mass is 33.1. The quantitative estimate of drug-likeness (QED) is 0.646. The molecule has 0 saturated heterocycles. The molecule has 0 bridgehead atoms. The molecule has 1 rings (SSSR count). The zero-order valence-electron chi connectivity index (χ0n) is 5.16. The standard InChI is InChI=1S/C6H8S3/c1-2-8-9-6-4-3-5-7-6/h3-5H,2H2,1H3. The Bertz CT molecular complexity index is 145. The normalized spacial score (nSPS) is 9.89. The Morgan fingerprint density at radius 1 is 1.67 bits per heavy atom. The third-order valence-electron chi connectivity index (χ3n) is 0.754. The average molecular weight is 176 g/mol. The number of rotatable bonds is 3. The molecule has 3 heteroatoms. The summed E-state index contributed by atoms with van der Waals surface area (Å²) in [5, 5.41) is 2.11. The van der Waals surface area contributed by atoms with Crippen LogP contribution in [0, 0.1) is 0 Å². The molecule has 1 heterocycles. The fourth-order valence-electron chi connectivity index (χ4n) is 0.428. The van der Waals surface area contributed by atoms with Gasteiger partial charge >= 0.3 is 0 Å². The van der Waals surface area contributed by atoms with Crippen molar-refractivity contribution < 1.29 is 0 Å². The van der Waals surface area contributed by atoms with Gasteiger partial charge in [0.15, 0.2) is 0 Å². The summed E-state index contributed by atoms with van der Waals surface area (Å²) in [6.45, 7) is 2.17. The van der Waals surface area contributed by atoms with E-state index in [9.17, 15) is 0 Å². The zero-order valence-corrected chi connectivity index (χ0v) is 7.61. The molecule has 9 heavy (non-hydrogen) atoms. The van der Waals surface area contributed by atoms with Crippen molar-refractivity contribution in [3.05, 3.63) is 17.5 Å². The van der Waals surface area contributed by atoms with E-state index in [0.717, 1.165) is 0 Å². The molecule has 0 amide bonds. The predicted molar refractivity (Wildman–Crippen MR) is 48.3 cm³/mol. The largest absolute Gasteiger partial charge is 0.137 e. The van der Waals surface area contributed by atoms with E-state index in [0.29, 0.717) is 0 Å². The molecule has 0 aliphatic carbocycles. The maximum atomic E-state index is 2.17. The van der Waals surface area contributed by atoms with Crippen LogP contribution in [-0.4, -0.2) is 5.75 Å². The minimum Gasteiger partial charge on any atom is -0.137 e. The minimum absolute atomic E-state index is 1.18. The molecule has 0 aliphatic heterocycles. The molecule has 0 radical (unpaired) electrons. The Morgan fingerprint density at radius 3 is 3.11 bits per heavy atom. The van der Waals surface area contributed by atoms with Crippen LogP contribution in [0.1, 0.15) is 6.92 Å². The van der Waals surface area contributed by atoms with Crippen molar-refractivity contribution in [1.29, 1.82) is 0 Å². The van der Waals surface area contributed by atoms with Crippen LogP contribution in [0.3, 0.4) is 0 Å². The van der Waals surface area contributed by atoms with Crippen LogP contribution < -0.4 is 0 Å². The van der Waals surface area contributed by atoms with Crippen LogP contribution in [0.4, 0.5) is 0 Å². The highest BCUT2D eigenvalue weighted by molar-refractivity contribution is 8.77. The third kappa shape index (κ3) is 2.65. The van der Waals surface area contributed by atoms with Crippen molar-refractivity contribution in [2.45, 2.75) is 11.1 Å². The summed E-state index contributed by atoms with van der Waals surface area (Å²) in [6.07, 6.45) is 0. The summed E-state index contributed by atoms with van der Waals surface area (Å²) >= 11 is 1.80. The molecular weight excluding hydrogens is 168 g/mol. The second-order valence-electron chi connectivity index (χ2n) is 1.42. The van der Waals surface area contributed by atoms with Crippen molar-refractivity contribution in [3.63, 3.8) is 0 Å². The summed E-state index contributed by atoms with van der Waals surface area (Å²) in [4.78, 5) is 0. The third-order valence-corrected chi connectivity index (χ3v) is 4.52. The lowest BCUT2D eigenvalue weighted by Crippen LogP contribution is -1.55. The van der Waals surface area contributed by atoms with Gasteiger partial charge in [0.2, 0.25) is 0 Å². The maximum absolute atomic E-state index is 2.17. The monoisotopic (exact) mass is 176 g/mol. The SMILES string of the molecule is CCSSc1cccs1. The fourth-order valence-corrected chi connectivity index (χ4v) is 3.22. The molecule has 0 aromatic carbocycles. The molecular formula is C6H8S3. The molecule has 0 N–H and O–H groups in total. The summed E-state index contributed by atoms with van der Waals surface area (Å²) in [5.41, 5.74) is 0. The summed E-state index contributed by atoms with van der Waals surface area (Å²) in [7, 11) is 3.76. The lowest BCUT2D eigenvalue weighted by atomic mass is 10.7. The number of hydrogen-bond acceptors (Lipinski definition) is 3. The van der Waals surface area contributed by atoms with E-state index in [1.807, 2.05) is 21.6 Å². The number of thiophene rings is 1. The van der Waals surface area contributed by atoms with Gasteiger partial charge in [0.1, 0.15) is 0 Å². The molecule has 0 spiro atoms. The molecule has 0 saturated carbocycles. The van der Waals surface area contributed by atoms with Crippen molar-refractivity contribution in [2.24, 2.45) is 0 Å². The first-order valence-electron chi connectivity index (χ1n) is 2.76. The first-order valence-corrected chi connectivity index (χ1v) is 5.96. The molecule has 0 atom stereocenters. The summed E-state index contributed by atoms with van der Waals surface area (Å²) < 4.78 is 1.40. The van der Waals surface area contributed by atoms with Crippen molar-refractivity contribution in [2.75, 3.05) is 5.75 Å². The molecule has 0 nitrogen and oxygen atoms in total. The second-order valence-corrected chi connectivity index (χ2v) is 5.25. The van der Waals surface area contributed by atoms with E-state index in [4.69, 9.17) is 0 Å².